The molecule has 1 N–H and O–H groups in total. The van der Waals surface area contributed by atoms with Crippen LogP contribution in [0.15, 0.2) is 16.8 Å². The van der Waals surface area contributed by atoms with Crippen molar-refractivity contribution in [3.05, 3.63) is 22.4 Å². The van der Waals surface area contributed by atoms with E-state index in [0.717, 1.165) is 26.0 Å². The number of nitrogens with one attached hydrogen (secondary N) is 1. The van der Waals surface area contributed by atoms with Crippen molar-refractivity contribution in [1.29, 1.82) is 0 Å². The molecule has 0 saturated carbocycles. The summed E-state index contributed by atoms with van der Waals surface area (Å²) in [6.45, 7) is 10.4. The predicted octanol–water partition coefficient (Wildman–Crippen LogP) is 3.47. The molecule has 0 aliphatic rings. The molecule has 0 aromatic carbocycles. The highest BCUT2D eigenvalue weighted by molar-refractivity contribution is 7.07. The lowest BCUT2D eigenvalue weighted by Crippen LogP contribution is -2.50. The second-order valence-electron chi connectivity index (χ2n) is 4.88. The number of hydrogen-bond acceptors (Lipinski definition) is 3. The predicted molar refractivity (Wildman–Crippen MR) is 75.8 cm³/mol. The summed E-state index contributed by atoms with van der Waals surface area (Å²) < 4.78 is 5.88. The van der Waals surface area contributed by atoms with Gasteiger partial charge in [-0.2, -0.15) is 11.3 Å². The molecule has 1 unspecified atom stereocenters. The largest absolute Gasteiger partial charge is 0.374 e. The Bertz CT molecular complexity index is 295. The van der Waals surface area contributed by atoms with Crippen LogP contribution in [-0.2, 0) is 11.2 Å². The molecule has 2 nitrogen and oxygen atoms in total. The Balaban J connectivity index is 2.65. The third kappa shape index (κ3) is 4.78. The molecule has 0 spiro atoms. The Morgan fingerprint density at radius 2 is 2.18 bits per heavy atom. The molecular weight excluding hydrogens is 230 g/mol. The third-order valence-corrected chi connectivity index (χ3v) is 3.75. The summed E-state index contributed by atoms with van der Waals surface area (Å²) in [4.78, 5) is 0. The van der Waals surface area contributed by atoms with Crippen LogP contribution in [0.2, 0.25) is 0 Å². The molecule has 98 valence electrons. The lowest BCUT2D eigenvalue weighted by Gasteiger charge is -2.35. The first-order chi connectivity index (χ1) is 8.10. The molecule has 1 heterocycles. The molecule has 0 aliphatic heterocycles. The third-order valence-electron chi connectivity index (χ3n) is 3.02. The molecule has 3 heteroatoms. The maximum Gasteiger partial charge on any atom is 0.0781 e. The van der Waals surface area contributed by atoms with Crippen molar-refractivity contribution < 1.29 is 4.74 Å². The molecule has 0 radical (unpaired) electrons. The molecule has 0 bridgehead atoms. The highest BCUT2D eigenvalue weighted by Crippen LogP contribution is 2.20. The van der Waals surface area contributed by atoms with Gasteiger partial charge in [-0.15, -0.1) is 0 Å². The summed E-state index contributed by atoms with van der Waals surface area (Å²) in [6, 6.07) is 2.57. The van der Waals surface area contributed by atoms with E-state index in [1.165, 1.54) is 5.56 Å². The summed E-state index contributed by atoms with van der Waals surface area (Å²) in [5.41, 5.74) is 1.28. The molecule has 1 aromatic rings. The van der Waals surface area contributed by atoms with E-state index in [-0.39, 0.29) is 5.60 Å². The van der Waals surface area contributed by atoms with E-state index < -0.39 is 0 Å². The average Bonchev–Trinajstić information content (AvgIpc) is 2.76. The minimum atomic E-state index is -0.119. The molecule has 0 aliphatic carbocycles. The fourth-order valence-electron chi connectivity index (χ4n) is 2.00. The molecule has 0 saturated heterocycles. The minimum absolute atomic E-state index is 0.119. The normalized spacial score (nSPS) is 13.9. The van der Waals surface area contributed by atoms with E-state index in [1.54, 1.807) is 11.3 Å². The van der Waals surface area contributed by atoms with E-state index in [0.29, 0.717) is 6.04 Å². The van der Waals surface area contributed by atoms with Crippen LogP contribution >= 0.6 is 11.3 Å². The van der Waals surface area contributed by atoms with Crippen molar-refractivity contribution in [2.75, 3.05) is 13.2 Å². The summed E-state index contributed by atoms with van der Waals surface area (Å²) in [5.74, 6) is 0. The SMILES string of the molecule is CCCNC(Cc1ccsc1)C(C)(C)OCC. The molecule has 17 heavy (non-hydrogen) atoms. The highest BCUT2D eigenvalue weighted by atomic mass is 32.1. The van der Waals surface area contributed by atoms with Gasteiger partial charge < -0.3 is 10.1 Å². The smallest absolute Gasteiger partial charge is 0.0781 e. The zero-order chi connectivity index (χ0) is 12.7. The van der Waals surface area contributed by atoms with Gasteiger partial charge in [0, 0.05) is 12.6 Å². The van der Waals surface area contributed by atoms with Crippen LogP contribution in [-0.4, -0.2) is 24.8 Å². The van der Waals surface area contributed by atoms with Crippen molar-refractivity contribution in [3.63, 3.8) is 0 Å². The van der Waals surface area contributed by atoms with E-state index in [2.05, 4.69) is 49.8 Å². The van der Waals surface area contributed by atoms with Gasteiger partial charge in [-0.1, -0.05) is 6.92 Å². The Morgan fingerprint density at radius 3 is 2.71 bits per heavy atom. The molecule has 1 rings (SSSR count). The van der Waals surface area contributed by atoms with Crippen LogP contribution < -0.4 is 5.32 Å². The fourth-order valence-corrected chi connectivity index (χ4v) is 2.68. The zero-order valence-electron chi connectivity index (χ0n) is 11.5. The first kappa shape index (κ1) is 14.7. The lowest BCUT2D eigenvalue weighted by molar-refractivity contribution is -0.0379. The summed E-state index contributed by atoms with van der Waals surface area (Å²) in [5, 5.41) is 7.98. The van der Waals surface area contributed by atoms with Crippen molar-refractivity contribution in [2.24, 2.45) is 0 Å². The number of rotatable bonds is 8. The van der Waals surface area contributed by atoms with Crippen LogP contribution in [0.4, 0.5) is 0 Å². The van der Waals surface area contributed by atoms with Crippen LogP contribution in [0.25, 0.3) is 0 Å². The Hall–Kier alpha value is -0.380. The van der Waals surface area contributed by atoms with Gasteiger partial charge in [-0.05, 0) is 62.5 Å². The van der Waals surface area contributed by atoms with E-state index >= 15 is 0 Å². The van der Waals surface area contributed by atoms with Gasteiger partial charge in [0.2, 0.25) is 0 Å². The van der Waals surface area contributed by atoms with Crippen LogP contribution in [0.3, 0.4) is 0 Å². The Morgan fingerprint density at radius 1 is 1.41 bits per heavy atom. The second-order valence-corrected chi connectivity index (χ2v) is 5.66. The van der Waals surface area contributed by atoms with E-state index in [1.807, 2.05) is 0 Å². The molecule has 1 aromatic heterocycles. The zero-order valence-corrected chi connectivity index (χ0v) is 12.3. The standard InChI is InChI=1S/C14H25NOS/c1-5-8-15-13(14(3,4)16-6-2)10-12-7-9-17-11-12/h7,9,11,13,15H,5-6,8,10H2,1-4H3. The summed E-state index contributed by atoms with van der Waals surface area (Å²) in [6.07, 6.45) is 2.19. The minimum Gasteiger partial charge on any atom is -0.374 e. The monoisotopic (exact) mass is 255 g/mol. The quantitative estimate of drug-likeness (QED) is 0.768. The molecule has 0 fully saturated rings. The topological polar surface area (TPSA) is 21.3 Å². The molecule has 0 amide bonds. The van der Waals surface area contributed by atoms with E-state index in [4.69, 9.17) is 4.74 Å². The lowest BCUT2D eigenvalue weighted by atomic mass is 9.93. The van der Waals surface area contributed by atoms with Crippen LogP contribution in [0, 0.1) is 0 Å². The maximum atomic E-state index is 5.88. The fraction of sp³-hybridized carbons (Fsp3) is 0.714. The van der Waals surface area contributed by atoms with Crippen LogP contribution in [0.1, 0.15) is 39.7 Å². The van der Waals surface area contributed by atoms with Gasteiger partial charge in [0.1, 0.15) is 0 Å². The summed E-state index contributed by atoms with van der Waals surface area (Å²) >= 11 is 1.76. The average molecular weight is 255 g/mol. The molecule has 1 atom stereocenters. The second kappa shape index (κ2) is 7.14. The van der Waals surface area contributed by atoms with Crippen molar-refractivity contribution in [1.82, 2.24) is 5.32 Å². The van der Waals surface area contributed by atoms with Gasteiger partial charge >= 0.3 is 0 Å². The van der Waals surface area contributed by atoms with Crippen molar-refractivity contribution in [3.8, 4) is 0 Å². The van der Waals surface area contributed by atoms with Gasteiger partial charge in [0.15, 0.2) is 0 Å². The first-order valence-corrected chi connectivity index (χ1v) is 7.42. The Kier molecular flexibility index (Phi) is 6.17. The van der Waals surface area contributed by atoms with Crippen molar-refractivity contribution in [2.45, 2.75) is 52.2 Å². The number of hydrogen-bond donors (Lipinski definition) is 1. The number of thiophene rings is 1. The van der Waals surface area contributed by atoms with Gasteiger partial charge in [0.25, 0.3) is 0 Å². The highest BCUT2D eigenvalue weighted by Gasteiger charge is 2.29. The van der Waals surface area contributed by atoms with Crippen LogP contribution in [0.5, 0.6) is 0 Å². The van der Waals surface area contributed by atoms with Gasteiger partial charge in [0.05, 0.1) is 5.60 Å². The first-order valence-electron chi connectivity index (χ1n) is 6.48. The van der Waals surface area contributed by atoms with Crippen molar-refractivity contribution >= 4 is 11.3 Å². The number of ether oxygens (including phenoxy) is 1. The summed E-state index contributed by atoms with van der Waals surface area (Å²) in [7, 11) is 0. The Labute approximate surface area is 109 Å². The van der Waals surface area contributed by atoms with Gasteiger partial charge in [-0.25, -0.2) is 0 Å². The van der Waals surface area contributed by atoms with Gasteiger partial charge in [-0.3, -0.25) is 0 Å². The van der Waals surface area contributed by atoms with E-state index in [9.17, 15) is 0 Å². The molecular formula is C14H25NOS. The maximum absolute atomic E-state index is 5.88.